The van der Waals surface area contributed by atoms with Crippen LogP contribution in [0.1, 0.15) is 15.9 Å². The Labute approximate surface area is 117 Å². The molecular formula is C14H9FN2O2S. The number of carbonyl (C=O) groups is 1. The summed E-state index contributed by atoms with van der Waals surface area (Å²) in [6.45, 7) is 1.70. The summed E-state index contributed by atoms with van der Waals surface area (Å²) >= 11 is 1.37. The van der Waals surface area contributed by atoms with Crippen LogP contribution in [0.25, 0.3) is 21.6 Å². The molecule has 3 aromatic rings. The van der Waals surface area contributed by atoms with Gasteiger partial charge in [-0.25, -0.2) is 19.2 Å². The van der Waals surface area contributed by atoms with Crippen LogP contribution in [0.5, 0.6) is 0 Å². The lowest BCUT2D eigenvalue weighted by atomic mass is 10.0. The molecule has 100 valence electrons. The maximum atomic E-state index is 13.5. The summed E-state index contributed by atoms with van der Waals surface area (Å²) in [5.41, 5.74) is 1.60. The fraction of sp³-hybridized carbons (Fsp3) is 0.0714. The van der Waals surface area contributed by atoms with Crippen molar-refractivity contribution in [2.24, 2.45) is 0 Å². The summed E-state index contributed by atoms with van der Waals surface area (Å²) in [7, 11) is 0. The first-order valence-electron chi connectivity index (χ1n) is 5.80. The summed E-state index contributed by atoms with van der Waals surface area (Å²) in [5, 5.41) is 12.0. The molecule has 0 unspecified atom stereocenters. The SMILES string of the molecule is Cc1cc(F)cc2c(C(=O)O)cc(-c3nccs3)nc12. The zero-order chi connectivity index (χ0) is 14.3. The van der Waals surface area contributed by atoms with Gasteiger partial charge in [-0.3, -0.25) is 0 Å². The van der Waals surface area contributed by atoms with Crippen LogP contribution in [0.3, 0.4) is 0 Å². The molecule has 0 amide bonds. The number of aryl methyl sites for hydroxylation is 1. The van der Waals surface area contributed by atoms with Crippen molar-refractivity contribution in [2.75, 3.05) is 0 Å². The van der Waals surface area contributed by atoms with E-state index in [0.29, 0.717) is 27.2 Å². The molecular weight excluding hydrogens is 279 g/mol. The molecule has 0 aliphatic rings. The maximum absolute atomic E-state index is 13.5. The quantitative estimate of drug-likeness (QED) is 0.784. The topological polar surface area (TPSA) is 63.1 Å². The smallest absolute Gasteiger partial charge is 0.336 e. The minimum atomic E-state index is -1.11. The van der Waals surface area contributed by atoms with Gasteiger partial charge in [0.2, 0.25) is 0 Å². The number of rotatable bonds is 2. The van der Waals surface area contributed by atoms with Crippen LogP contribution >= 0.6 is 11.3 Å². The second kappa shape index (κ2) is 4.64. The molecule has 0 aliphatic carbocycles. The van der Waals surface area contributed by atoms with Crippen LogP contribution in [0.4, 0.5) is 4.39 Å². The van der Waals surface area contributed by atoms with Gasteiger partial charge in [-0.05, 0) is 30.7 Å². The Morgan fingerprint density at radius 3 is 2.80 bits per heavy atom. The Kier molecular flexibility index (Phi) is 2.94. The number of carboxylic acid groups (broad SMARTS) is 1. The Hall–Kier alpha value is -2.34. The molecule has 1 N–H and O–H groups in total. The van der Waals surface area contributed by atoms with Crippen molar-refractivity contribution in [1.82, 2.24) is 9.97 Å². The highest BCUT2D eigenvalue weighted by molar-refractivity contribution is 7.13. The molecule has 0 bridgehead atoms. The molecule has 6 heteroatoms. The van der Waals surface area contributed by atoms with Crippen LogP contribution in [0.15, 0.2) is 29.8 Å². The number of thiazole rings is 1. The van der Waals surface area contributed by atoms with Gasteiger partial charge in [0.1, 0.15) is 16.5 Å². The number of nitrogens with zero attached hydrogens (tertiary/aromatic N) is 2. The van der Waals surface area contributed by atoms with Crippen molar-refractivity contribution in [3.63, 3.8) is 0 Å². The average molecular weight is 288 g/mol. The predicted molar refractivity (Wildman–Crippen MR) is 74.5 cm³/mol. The van der Waals surface area contributed by atoms with Crippen molar-refractivity contribution in [3.05, 3.63) is 46.7 Å². The van der Waals surface area contributed by atoms with E-state index in [9.17, 15) is 14.3 Å². The highest BCUT2D eigenvalue weighted by atomic mass is 32.1. The molecule has 0 aliphatic heterocycles. The van der Waals surface area contributed by atoms with E-state index in [2.05, 4.69) is 9.97 Å². The number of carboxylic acids is 1. The third-order valence-corrected chi connectivity index (χ3v) is 3.75. The second-order valence-electron chi connectivity index (χ2n) is 4.32. The van der Waals surface area contributed by atoms with Crippen molar-refractivity contribution in [2.45, 2.75) is 6.92 Å². The van der Waals surface area contributed by atoms with Gasteiger partial charge in [-0.1, -0.05) is 0 Å². The van der Waals surface area contributed by atoms with Gasteiger partial charge in [0.15, 0.2) is 0 Å². The lowest BCUT2D eigenvalue weighted by Gasteiger charge is -2.07. The Bertz CT molecular complexity index is 816. The second-order valence-corrected chi connectivity index (χ2v) is 5.21. The van der Waals surface area contributed by atoms with Crippen molar-refractivity contribution in [1.29, 1.82) is 0 Å². The molecule has 0 radical (unpaired) electrons. The van der Waals surface area contributed by atoms with Gasteiger partial charge in [0.05, 0.1) is 11.1 Å². The van der Waals surface area contributed by atoms with E-state index in [1.54, 1.807) is 18.5 Å². The highest BCUT2D eigenvalue weighted by Crippen LogP contribution is 2.28. The van der Waals surface area contributed by atoms with E-state index < -0.39 is 11.8 Å². The molecule has 20 heavy (non-hydrogen) atoms. The normalized spacial score (nSPS) is 10.9. The summed E-state index contributed by atoms with van der Waals surface area (Å²) < 4.78 is 13.5. The van der Waals surface area contributed by atoms with Crippen LogP contribution in [-0.4, -0.2) is 21.0 Å². The molecule has 0 fully saturated rings. The van der Waals surface area contributed by atoms with E-state index in [1.165, 1.54) is 29.5 Å². The van der Waals surface area contributed by atoms with Crippen molar-refractivity contribution < 1.29 is 14.3 Å². The van der Waals surface area contributed by atoms with Crippen LogP contribution in [0, 0.1) is 12.7 Å². The fourth-order valence-electron chi connectivity index (χ4n) is 2.09. The van der Waals surface area contributed by atoms with Gasteiger partial charge in [0.25, 0.3) is 0 Å². The van der Waals surface area contributed by atoms with Gasteiger partial charge >= 0.3 is 5.97 Å². The van der Waals surface area contributed by atoms with Crippen molar-refractivity contribution >= 4 is 28.2 Å². The van der Waals surface area contributed by atoms with Gasteiger partial charge in [-0.15, -0.1) is 11.3 Å². The summed E-state index contributed by atoms with van der Waals surface area (Å²) in [6.07, 6.45) is 1.63. The zero-order valence-electron chi connectivity index (χ0n) is 10.4. The lowest BCUT2D eigenvalue weighted by Crippen LogP contribution is -2.01. The number of benzene rings is 1. The number of aromatic carboxylic acids is 1. The number of hydrogen-bond donors (Lipinski definition) is 1. The first kappa shape index (κ1) is 12.7. The summed E-state index contributed by atoms with van der Waals surface area (Å²) in [6, 6.07) is 3.97. The Morgan fingerprint density at radius 1 is 1.35 bits per heavy atom. The molecule has 2 aromatic heterocycles. The number of aromatic nitrogens is 2. The Morgan fingerprint density at radius 2 is 2.15 bits per heavy atom. The minimum absolute atomic E-state index is 0.0304. The van der Waals surface area contributed by atoms with E-state index >= 15 is 0 Å². The highest BCUT2D eigenvalue weighted by Gasteiger charge is 2.16. The van der Waals surface area contributed by atoms with Gasteiger partial charge in [0, 0.05) is 17.0 Å². The van der Waals surface area contributed by atoms with E-state index in [1.807, 2.05) is 0 Å². The minimum Gasteiger partial charge on any atom is -0.478 e. The zero-order valence-corrected chi connectivity index (χ0v) is 11.2. The van der Waals surface area contributed by atoms with Crippen LogP contribution < -0.4 is 0 Å². The monoisotopic (exact) mass is 288 g/mol. The summed E-state index contributed by atoms with van der Waals surface area (Å²) in [4.78, 5) is 19.9. The molecule has 4 nitrogen and oxygen atoms in total. The number of hydrogen-bond acceptors (Lipinski definition) is 4. The molecule has 2 heterocycles. The molecule has 3 rings (SSSR count). The van der Waals surface area contributed by atoms with Crippen molar-refractivity contribution in [3.8, 4) is 10.7 Å². The first-order chi connectivity index (χ1) is 9.56. The number of halogens is 1. The number of fused-ring (bicyclic) bond motifs is 1. The number of pyridine rings is 1. The largest absolute Gasteiger partial charge is 0.478 e. The third-order valence-electron chi connectivity index (χ3n) is 2.95. The van der Waals surface area contributed by atoms with Crippen LogP contribution in [-0.2, 0) is 0 Å². The summed E-state index contributed by atoms with van der Waals surface area (Å²) in [5.74, 6) is -1.58. The third kappa shape index (κ3) is 2.04. The lowest BCUT2D eigenvalue weighted by molar-refractivity contribution is 0.0699. The predicted octanol–water partition coefficient (Wildman–Crippen LogP) is 3.50. The molecule has 0 atom stereocenters. The molecule has 0 saturated carbocycles. The van der Waals surface area contributed by atoms with Gasteiger partial charge in [-0.2, -0.15) is 0 Å². The maximum Gasteiger partial charge on any atom is 0.336 e. The van der Waals surface area contributed by atoms with E-state index in [0.717, 1.165) is 0 Å². The standard InChI is InChI=1S/C14H9FN2O2S/c1-7-4-8(15)5-9-10(14(18)19)6-11(17-12(7)9)13-16-2-3-20-13/h2-6H,1H3,(H,18,19). The molecule has 1 aromatic carbocycles. The first-order valence-corrected chi connectivity index (χ1v) is 6.68. The molecule has 0 spiro atoms. The Balaban J connectivity index is 2.40. The van der Waals surface area contributed by atoms with Gasteiger partial charge < -0.3 is 5.11 Å². The fourth-order valence-corrected chi connectivity index (χ4v) is 2.69. The average Bonchev–Trinajstić information content (AvgIpc) is 2.91. The van der Waals surface area contributed by atoms with E-state index in [-0.39, 0.29) is 5.56 Å². The van der Waals surface area contributed by atoms with E-state index in [4.69, 9.17) is 0 Å². The van der Waals surface area contributed by atoms with Crippen LogP contribution in [0.2, 0.25) is 0 Å². The molecule has 0 saturated heterocycles.